The van der Waals surface area contributed by atoms with Crippen LogP contribution in [0.2, 0.25) is 0 Å². The Bertz CT molecular complexity index is 638. The van der Waals surface area contributed by atoms with E-state index in [-0.39, 0.29) is 11.9 Å². The first-order valence-electron chi connectivity index (χ1n) is 8.14. The zero-order chi connectivity index (χ0) is 17.0. The van der Waals surface area contributed by atoms with Crippen molar-refractivity contribution in [3.05, 3.63) is 35.2 Å². The van der Waals surface area contributed by atoms with E-state index in [1.165, 1.54) is 0 Å². The van der Waals surface area contributed by atoms with Crippen molar-refractivity contribution in [1.82, 2.24) is 20.0 Å². The summed E-state index contributed by atoms with van der Waals surface area (Å²) in [6, 6.07) is -0.256. The monoisotopic (exact) mass is 318 g/mol. The molecule has 0 spiro atoms. The molecular formula is C17H26N4O2. The maximum atomic E-state index is 12.3. The van der Waals surface area contributed by atoms with Crippen molar-refractivity contribution in [3.63, 3.8) is 0 Å². The van der Waals surface area contributed by atoms with Crippen molar-refractivity contribution in [2.75, 3.05) is 6.54 Å². The van der Waals surface area contributed by atoms with Crippen LogP contribution in [0.3, 0.4) is 0 Å². The quantitative estimate of drug-likeness (QED) is 0.797. The van der Waals surface area contributed by atoms with Gasteiger partial charge in [0.25, 0.3) is 0 Å². The second-order valence-corrected chi connectivity index (χ2v) is 6.22. The Hall–Kier alpha value is -2.11. The molecule has 2 aromatic rings. The molecule has 6 heteroatoms. The summed E-state index contributed by atoms with van der Waals surface area (Å²) in [5.41, 5.74) is 2.08. The van der Waals surface area contributed by atoms with Crippen LogP contribution in [0.5, 0.6) is 0 Å². The number of imidazole rings is 1. The second-order valence-electron chi connectivity index (χ2n) is 6.22. The number of nitrogens with one attached hydrogen (secondary N) is 1. The molecule has 0 aromatic carbocycles. The minimum absolute atomic E-state index is 0.0173. The third-order valence-corrected chi connectivity index (χ3v) is 4.10. The molecule has 23 heavy (non-hydrogen) atoms. The molecule has 2 rings (SSSR count). The fourth-order valence-corrected chi connectivity index (χ4v) is 2.71. The number of hydrogen-bond donors (Lipinski definition) is 1. The van der Waals surface area contributed by atoms with Crippen LogP contribution in [0.4, 0.5) is 0 Å². The average Bonchev–Trinajstić information content (AvgIpc) is 3.11. The molecule has 0 radical (unpaired) electrons. The maximum absolute atomic E-state index is 12.3. The van der Waals surface area contributed by atoms with E-state index in [0.29, 0.717) is 12.5 Å². The predicted octanol–water partition coefficient (Wildman–Crippen LogP) is 2.92. The number of hydrogen-bond acceptors (Lipinski definition) is 4. The van der Waals surface area contributed by atoms with Crippen LogP contribution in [0.1, 0.15) is 62.0 Å². The largest absolute Gasteiger partial charge is 0.361 e. The van der Waals surface area contributed by atoms with Gasteiger partial charge < -0.3 is 14.4 Å². The van der Waals surface area contributed by atoms with Crippen molar-refractivity contribution >= 4 is 5.91 Å². The van der Waals surface area contributed by atoms with Crippen LogP contribution < -0.4 is 5.32 Å². The molecule has 1 atom stereocenters. The molecule has 1 N–H and O–H groups in total. The highest BCUT2D eigenvalue weighted by molar-refractivity contribution is 5.79. The minimum Gasteiger partial charge on any atom is -0.361 e. The van der Waals surface area contributed by atoms with E-state index in [4.69, 9.17) is 4.52 Å². The van der Waals surface area contributed by atoms with Gasteiger partial charge in [-0.2, -0.15) is 0 Å². The van der Waals surface area contributed by atoms with Crippen LogP contribution in [0, 0.1) is 13.8 Å². The standard InChI is InChI=1S/C17H26N4O2/c1-11(2)16-18-9-10-21(16)13(4)17(22)19-8-6-7-15-12(3)20-23-14(15)5/h9-11,13H,6-8H2,1-5H3,(H,19,22)/t13-/m1/s1. The molecule has 0 saturated carbocycles. The lowest BCUT2D eigenvalue weighted by atomic mass is 10.1. The summed E-state index contributed by atoms with van der Waals surface area (Å²) in [5.74, 6) is 2.11. The zero-order valence-electron chi connectivity index (χ0n) is 14.6. The first-order valence-corrected chi connectivity index (χ1v) is 8.14. The van der Waals surface area contributed by atoms with Crippen LogP contribution in [-0.2, 0) is 11.2 Å². The number of carbonyl (C=O) groups is 1. The molecule has 6 nitrogen and oxygen atoms in total. The van der Waals surface area contributed by atoms with Crippen LogP contribution >= 0.6 is 0 Å². The van der Waals surface area contributed by atoms with E-state index in [2.05, 4.69) is 29.3 Å². The van der Waals surface area contributed by atoms with Gasteiger partial charge in [-0.15, -0.1) is 0 Å². The molecule has 1 amide bonds. The van der Waals surface area contributed by atoms with E-state index in [9.17, 15) is 4.79 Å². The minimum atomic E-state index is -0.256. The van der Waals surface area contributed by atoms with Crippen LogP contribution in [0.25, 0.3) is 0 Å². The molecule has 0 bridgehead atoms. The third-order valence-electron chi connectivity index (χ3n) is 4.10. The number of aromatic nitrogens is 3. The molecule has 0 fully saturated rings. The Morgan fingerprint density at radius 2 is 2.09 bits per heavy atom. The first kappa shape index (κ1) is 17.2. The van der Waals surface area contributed by atoms with Crippen molar-refractivity contribution in [1.29, 1.82) is 0 Å². The number of nitrogens with zero attached hydrogens (tertiary/aromatic N) is 3. The fraction of sp³-hybridized carbons (Fsp3) is 0.588. The molecular weight excluding hydrogens is 292 g/mol. The van der Waals surface area contributed by atoms with Gasteiger partial charge >= 0.3 is 0 Å². The number of rotatable bonds is 7. The van der Waals surface area contributed by atoms with Crippen molar-refractivity contribution in [2.24, 2.45) is 0 Å². The summed E-state index contributed by atoms with van der Waals surface area (Å²) in [7, 11) is 0. The molecule has 0 aliphatic carbocycles. The van der Waals surface area contributed by atoms with Gasteiger partial charge in [0.15, 0.2) is 0 Å². The molecule has 2 heterocycles. The summed E-state index contributed by atoms with van der Waals surface area (Å²) in [6.45, 7) is 10.6. The van der Waals surface area contributed by atoms with Gasteiger partial charge in [-0.3, -0.25) is 4.79 Å². The maximum Gasteiger partial charge on any atom is 0.242 e. The number of amides is 1. The fourth-order valence-electron chi connectivity index (χ4n) is 2.71. The molecule has 0 aliphatic rings. The van der Waals surface area contributed by atoms with E-state index in [1.54, 1.807) is 6.20 Å². The van der Waals surface area contributed by atoms with Gasteiger partial charge in [-0.1, -0.05) is 19.0 Å². The van der Waals surface area contributed by atoms with Crippen molar-refractivity contribution < 1.29 is 9.32 Å². The molecule has 0 unspecified atom stereocenters. The van der Waals surface area contributed by atoms with Gasteiger partial charge in [0, 0.05) is 30.4 Å². The van der Waals surface area contributed by atoms with E-state index >= 15 is 0 Å². The highest BCUT2D eigenvalue weighted by Crippen LogP contribution is 2.17. The van der Waals surface area contributed by atoms with Gasteiger partial charge in [-0.05, 0) is 33.6 Å². The molecule has 0 aliphatic heterocycles. The lowest BCUT2D eigenvalue weighted by Crippen LogP contribution is -2.32. The Labute approximate surface area is 137 Å². The Morgan fingerprint density at radius 1 is 1.35 bits per heavy atom. The summed E-state index contributed by atoms with van der Waals surface area (Å²) in [5, 5.41) is 6.95. The highest BCUT2D eigenvalue weighted by Gasteiger charge is 2.18. The smallest absolute Gasteiger partial charge is 0.242 e. The SMILES string of the molecule is Cc1noc(C)c1CCCNC(=O)[C@@H](C)n1ccnc1C(C)C. The van der Waals surface area contributed by atoms with Gasteiger partial charge in [0.1, 0.15) is 17.6 Å². The Kier molecular flexibility index (Phi) is 5.58. The topological polar surface area (TPSA) is 73.0 Å². The summed E-state index contributed by atoms with van der Waals surface area (Å²) < 4.78 is 7.09. The second kappa shape index (κ2) is 7.44. The Morgan fingerprint density at radius 3 is 2.70 bits per heavy atom. The van der Waals surface area contributed by atoms with Gasteiger partial charge in [0.2, 0.25) is 5.91 Å². The van der Waals surface area contributed by atoms with Gasteiger partial charge in [-0.25, -0.2) is 4.98 Å². The van der Waals surface area contributed by atoms with Crippen LogP contribution in [-0.4, -0.2) is 27.2 Å². The first-order chi connectivity index (χ1) is 10.9. The summed E-state index contributed by atoms with van der Waals surface area (Å²) in [6.07, 6.45) is 5.33. The summed E-state index contributed by atoms with van der Waals surface area (Å²) in [4.78, 5) is 16.7. The predicted molar refractivity (Wildman–Crippen MR) is 88.3 cm³/mol. The lowest BCUT2D eigenvalue weighted by Gasteiger charge is -2.17. The normalized spacial score (nSPS) is 12.6. The molecule has 0 saturated heterocycles. The van der Waals surface area contributed by atoms with Crippen LogP contribution in [0.15, 0.2) is 16.9 Å². The lowest BCUT2D eigenvalue weighted by molar-refractivity contribution is -0.123. The van der Waals surface area contributed by atoms with E-state index in [1.807, 2.05) is 31.5 Å². The number of aryl methyl sites for hydroxylation is 2. The summed E-state index contributed by atoms with van der Waals surface area (Å²) >= 11 is 0. The highest BCUT2D eigenvalue weighted by atomic mass is 16.5. The molecule has 2 aromatic heterocycles. The average molecular weight is 318 g/mol. The third kappa shape index (κ3) is 4.00. The van der Waals surface area contributed by atoms with Gasteiger partial charge in [0.05, 0.1) is 5.69 Å². The van der Waals surface area contributed by atoms with Crippen molar-refractivity contribution in [3.8, 4) is 0 Å². The molecule has 126 valence electrons. The Balaban J connectivity index is 1.84. The van der Waals surface area contributed by atoms with E-state index < -0.39 is 0 Å². The zero-order valence-corrected chi connectivity index (χ0v) is 14.6. The van der Waals surface area contributed by atoms with Crippen molar-refractivity contribution in [2.45, 2.75) is 59.4 Å². The number of carbonyl (C=O) groups excluding carboxylic acids is 1. The van der Waals surface area contributed by atoms with E-state index in [0.717, 1.165) is 35.7 Å².